The van der Waals surface area contributed by atoms with Gasteiger partial charge in [-0.15, -0.1) is 0 Å². The number of carbonyl (C=O) groups is 1. The van der Waals surface area contributed by atoms with E-state index in [0.29, 0.717) is 33.8 Å². The van der Waals surface area contributed by atoms with Crippen LogP contribution in [0.25, 0.3) is 5.82 Å². The fourth-order valence-corrected chi connectivity index (χ4v) is 4.44. The van der Waals surface area contributed by atoms with Crippen molar-refractivity contribution in [2.75, 3.05) is 0 Å². The van der Waals surface area contributed by atoms with Gasteiger partial charge in [0.05, 0.1) is 29.8 Å². The summed E-state index contributed by atoms with van der Waals surface area (Å²) in [4.78, 5) is 21.8. The number of nitrogens with one attached hydrogen (secondary N) is 1. The Morgan fingerprint density at radius 2 is 2.16 bits per heavy atom. The van der Waals surface area contributed by atoms with E-state index in [2.05, 4.69) is 20.4 Å². The normalized spacial score (nSPS) is 20.1. The third-order valence-corrected chi connectivity index (χ3v) is 6.05. The summed E-state index contributed by atoms with van der Waals surface area (Å²) in [5.41, 5.74) is 2.46. The number of aromatic nitrogens is 5. The maximum atomic E-state index is 13.4. The van der Waals surface area contributed by atoms with Crippen molar-refractivity contribution in [3.8, 4) is 5.82 Å². The van der Waals surface area contributed by atoms with Crippen molar-refractivity contribution in [2.45, 2.75) is 45.6 Å². The highest BCUT2D eigenvalue weighted by Gasteiger charge is 2.50. The van der Waals surface area contributed by atoms with Gasteiger partial charge in [0.1, 0.15) is 5.82 Å². The summed E-state index contributed by atoms with van der Waals surface area (Å²) in [5, 5.41) is 19.4. The van der Waals surface area contributed by atoms with E-state index in [1.54, 1.807) is 10.7 Å². The van der Waals surface area contributed by atoms with Crippen LogP contribution in [-0.4, -0.2) is 25.7 Å². The van der Waals surface area contributed by atoms with Crippen LogP contribution < -0.4 is 10.0 Å². The van der Waals surface area contributed by atoms with E-state index in [9.17, 15) is 14.4 Å². The molecule has 3 atom stereocenters. The third kappa shape index (κ3) is 3.43. The Morgan fingerprint density at radius 1 is 1.35 bits per heavy atom. The topological polar surface area (TPSA) is 99.6 Å². The molecule has 2 aliphatic carbocycles. The first kappa shape index (κ1) is 19.6. The average Bonchev–Trinajstić information content (AvgIpc) is 3.21. The SMILES string of the molecule is CC(C)(C)[C@@H](NC(=O)c1nn(-c2c[n+]([O-])ccn2)c2c1C[C@H]1C[C@@H]21)c1ccc(F)cn1. The lowest BCUT2D eigenvalue weighted by Crippen LogP contribution is -2.37. The highest BCUT2D eigenvalue weighted by Crippen LogP contribution is 2.57. The molecule has 0 spiro atoms. The van der Waals surface area contributed by atoms with Gasteiger partial charge in [0.2, 0.25) is 12.0 Å². The van der Waals surface area contributed by atoms with Crippen LogP contribution in [0, 0.1) is 22.4 Å². The molecule has 1 N–H and O–H groups in total. The minimum atomic E-state index is -0.434. The molecule has 2 aliphatic rings. The predicted octanol–water partition coefficient (Wildman–Crippen LogP) is 2.61. The first-order valence-electron chi connectivity index (χ1n) is 10.3. The molecule has 0 saturated heterocycles. The zero-order chi connectivity index (χ0) is 21.9. The van der Waals surface area contributed by atoms with Gasteiger partial charge in [0, 0.05) is 11.5 Å². The van der Waals surface area contributed by atoms with Crippen LogP contribution in [-0.2, 0) is 6.42 Å². The molecule has 3 heterocycles. The van der Waals surface area contributed by atoms with Crippen LogP contribution in [0.5, 0.6) is 0 Å². The Balaban J connectivity index is 1.51. The van der Waals surface area contributed by atoms with Crippen molar-refractivity contribution in [1.82, 2.24) is 25.1 Å². The highest BCUT2D eigenvalue weighted by molar-refractivity contribution is 5.94. The number of nitrogens with zero attached hydrogens (tertiary/aromatic N) is 5. The van der Waals surface area contributed by atoms with E-state index in [-0.39, 0.29) is 11.3 Å². The molecule has 1 fully saturated rings. The van der Waals surface area contributed by atoms with Crippen LogP contribution in [0.1, 0.15) is 66.6 Å². The van der Waals surface area contributed by atoms with Gasteiger partial charge in [0.15, 0.2) is 11.9 Å². The van der Waals surface area contributed by atoms with Gasteiger partial charge in [-0.3, -0.25) is 9.78 Å². The Morgan fingerprint density at radius 3 is 2.84 bits per heavy atom. The second-order valence-electron chi connectivity index (χ2n) is 9.38. The van der Waals surface area contributed by atoms with E-state index < -0.39 is 11.9 Å². The first-order chi connectivity index (χ1) is 14.7. The number of halogens is 1. The average molecular weight is 422 g/mol. The van der Waals surface area contributed by atoms with Gasteiger partial charge >= 0.3 is 0 Å². The van der Waals surface area contributed by atoms with Crippen molar-refractivity contribution in [2.24, 2.45) is 11.3 Å². The predicted molar refractivity (Wildman–Crippen MR) is 109 cm³/mol. The molecule has 0 radical (unpaired) electrons. The summed E-state index contributed by atoms with van der Waals surface area (Å²) in [6.07, 6.45) is 7.09. The van der Waals surface area contributed by atoms with Gasteiger partial charge in [-0.05, 0) is 36.3 Å². The Labute approximate surface area is 178 Å². The summed E-state index contributed by atoms with van der Waals surface area (Å²) >= 11 is 0. The van der Waals surface area contributed by atoms with E-state index in [4.69, 9.17) is 0 Å². The van der Waals surface area contributed by atoms with Gasteiger partial charge < -0.3 is 10.5 Å². The molecule has 0 bridgehead atoms. The van der Waals surface area contributed by atoms with Gasteiger partial charge in [-0.25, -0.2) is 14.1 Å². The van der Waals surface area contributed by atoms with Crippen LogP contribution in [0.2, 0.25) is 0 Å². The monoisotopic (exact) mass is 422 g/mol. The molecule has 0 aliphatic heterocycles. The molecular weight excluding hydrogens is 399 g/mol. The maximum Gasteiger partial charge on any atom is 0.272 e. The summed E-state index contributed by atoms with van der Waals surface area (Å²) in [5.74, 6) is 0.528. The highest BCUT2D eigenvalue weighted by atomic mass is 19.1. The van der Waals surface area contributed by atoms with E-state index in [1.165, 1.54) is 24.7 Å². The number of hydrogen-bond acceptors (Lipinski definition) is 5. The fourth-order valence-electron chi connectivity index (χ4n) is 4.44. The minimum Gasteiger partial charge on any atom is -0.619 e. The van der Waals surface area contributed by atoms with Gasteiger partial charge in [0.25, 0.3) is 5.91 Å². The summed E-state index contributed by atoms with van der Waals surface area (Å²) in [6, 6.07) is 2.49. The second kappa shape index (κ2) is 6.83. The third-order valence-electron chi connectivity index (χ3n) is 6.05. The molecule has 1 saturated carbocycles. The molecule has 1 amide bonds. The zero-order valence-electron chi connectivity index (χ0n) is 17.5. The second-order valence-corrected chi connectivity index (χ2v) is 9.38. The van der Waals surface area contributed by atoms with Crippen molar-refractivity contribution >= 4 is 5.91 Å². The van der Waals surface area contributed by atoms with Crippen LogP contribution in [0.15, 0.2) is 36.9 Å². The minimum absolute atomic E-state index is 0.312. The Hall–Kier alpha value is -3.36. The van der Waals surface area contributed by atoms with Crippen LogP contribution in [0.4, 0.5) is 4.39 Å². The van der Waals surface area contributed by atoms with Crippen LogP contribution >= 0.6 is 0 Å². The number of hydrogen-bond donors (Lipinski definition) is 1. The molecule has 9 heteroatoms. The molecule has 5 rings (SSSR count). The summed E-state index contributed by atoms with van der Waals surface area (Å²) < 4.78 is 15.7. The van der Waals surface area contributed by atoms with Gasteiger partial charge in [-0.1, -0.05) is 20.8 Å². The zero-order valence-corrected chi connectivity index (χ0v) is 17.5. The molecular formula is C22H23FN6O2. The van der Waals surface area contributed by atoms with Crippen molar-refractivity contribution in [1.29, 1.82) is 0 Å². The lowest BCUT2D eigenvalue weighted by molar-refractivity contribution is -0.605. The number of fused-ring (bicyclic) bond motifs is 3. The molecule has 0 aromatic carbocycles. The standard InChI is InChI=1S/C22H23FN6O2/c1-22(2,3)20(16-5-4-13(23)10-25-16)26-21(30)18-15-9-12-8-14(12)19(15)29(27-18)17-11-28(31)7-6-24-17/h4-7,10-12,14,20H,8-9H2,1-3H3,(H,26,30)/t12-,14-,20+/m1/s1. The first-order valence-corrected chi connectivity index (χ1v) is 10.3. The van der Waals surface area contributed by atoms with E-state index in [1.807, 2.05) is 20.8 Å². The van der Waals surface area contributed by atoms with Crippen LogP contribution in [0.3, 0.4) is 0 Å². The van der Waals surface area contributed by atoms with E-state index >= 15 is 0 Å². The molecule has 0 unspecified atom stereocenters. The maximum absolute atomic E-state index is 13.4. The smallest absolute Gasteiger partial charge is 0.272 e. The summed E-state index contributed by atoms with van der Waals surface area (Å²) in [6.45, 7) is 5.96. The number of pyridine rings is 1. The fraction of sp³-hybridized carbons (Fsp3) is 0.409. The van der Waals surface area contributed by atoms with Crippen molar-refractivity contribution < 1.29 is 13.9 Å². The largest absolute Gasteiger partial charge is 0.619 e. The lowest BCUT2D eigenvalue weighted by atomic mass is 9.84. The molecule has 31 heavy (non-hydrogen) atoms. The summed E-state index contributed by atoms with van der Waals surface area (Å²) in [7, 11) is 0. The molecule has 160 valence electrons. The Kier molecular flexibility index (Phi) is 4.32. The van der Waals surface area contributed by atoms with Gasteiger partial charge in [-0.2, -0.15) is 9.83 Å². The van der Waals surface area contributed by atoms with E-state index in [0.717, 1.165) is 30.3 Å². The quantitative estimate of drug-likeness (QED) is 0.515. The Bertz CT molecular complexity index is 1170. The number of amides is 1. The van der Waals surface area contributed by atoms with Crippen molar-refractivity contribution in [3.05, 3.63) is 70.6 Å². The number of rotatable bonds is 4. The lowest BCUT2D eigenvalue weighted by Gasteiger charge is -2.31. The van der Waals surface area contributed by atoms with Crippen molar-refractivity contribution in [3.63, 3.8) is 0 Å². The number of carbonyl (C=O) groups excluding carboxylic acids is 1. The molecule has 3 aromatic rings. The molecule has 8 nitrogen and oxygen atoms in total. The molecule has 3 aromatic heterocycles.